The Labute approximate surface area is 189 Å². The lowest BCUT2D eigenvalue weighted by Crippen LogP contribution is -2.51. The molecule has 168 valence electrons. The maximum Gasteiger partial charge on any atom is 0.325 e. The van der Waals surface area contributed by atoms with Gasteiger partial charge in [-0.25, -0.2) is 4.79 Å². The number of amides is 4. The Hall–Kier alpha value is -3.15. The minimum atomic E-state index is -0.954. The van der Waals surface area contributed by atoms with Crippen LogP contribution in [0.1, 0.15) is 68.2 Å². The van der Waals surface area contributed by atoms with Gasteiger partial charge < -0.3 is 10.6 Å². The molecule has 1 aliphatic heterocycles. The van der Waals surface area contributed by atoms with Crippen LogP contribution in [0.2, 0.25) is 0 Å². The third kappa shape index (κ3) is 3.90. The van der Waals surface area contributed by atoms with Gasteiger partial charge >= 0.3 is 6.03 Å². The molecule has 1 fully saturated rings. The van der Waals surface area contributed by atoms with E-state index < -0.39 is 11.6 Å². The Balaban J connectivity index is 1.53. The zero-order valence-electron chi connectivity index (χ0n) is 19.2. The van der Waals surface area contributed by atoms with Gasteiger partial charge in [0, 0.05) is 12.1 Å². The van der Waals surface area contributed by atoms with Crippen LogP contribution in [0.5, 0.6) is 0 Å². The van der Waals surface area contributed by atoms with Crippen molar-refractivity contribution in [2.45, 2.75) is 64.3 Å². The summed E-state index contributed by atoms with van der Waals surface area (Å²) in [5.74, 6) is -0.220. The number of rotatable bonds is 5. The highest BCUT2D eigenvalue weighted by molar-refractivity contribution is 6.10. The fourth-order valence-corrected chi connectivity index (χ4v) is 4.86. The van der Waals surface area contributed by atoms with E-state index in [1.165, 1.54) is 5.56 Å². The number of carbonyl (C=O) groups excluding carboxylic acids is 3. The second-order valence-electron chi connectivity index (χ2n) is 9.52. The first-order valence-electron chi connectivity index (χ1n) is 11.4. The summed E-state index contributed by atoms with van der Waals surface area (Å²) >= 11 is 0. The van der Waals surface area contributed by atoms with Gasteiger partial charge in [0.05, 0.1) is 0 Å². The number of urea groups is 1. The summed E-state index contributed by atoms with van der Waals surface area (Å²) < 4.78 is 0. The number of nitrogens with zero attached hydrogens (tertiary/aromatic N) is 1. The van der Waals surface area contributed by atoms with E-state index in [1.807, 2.05) is 36.4 Å². The van der Waals surface area contributed by atoms with Gasteiger partial charge in [-0.3, -0.25) is 14.5 Å². The first-order valence-corrected chi connectivity index (χ1v) is 11.4. The molecule has 2 aromatic rings. The van der Waals surface area contributed by atoms with Crippen LogP contribution in [-0.4, -0.2) is 34.8 Å². The Morgan fingerprint density at radius 2 is 1.62 bits per heavy atom. The molecule has 2 N–H and O–H groups in total. The second kappa shape index (κ2) is 8.41. The molecule has 0 radical (unpaired) electrons. The zero-order chi connectivity index (χ0) is 23.0. The molecule has 1 heterocycles. The molecule has 2 aromatic carbocycles. The monoisotopic (exact) mass is 433 g/mol. The van der Waals surface area contributed by atoms with E-state index >= 15 is 0 Å². The molecular weight excluding hydrogens is 402 g/mol. The van der Waals surface area contributed by atoms with Gasteiger partial charge in [0.15, 0.2) is 0 Å². The fraction of sp³-hybridized carbons (Fsp3) is 0.423. The largest absolute Gasteiger partial charge is 0.325 e. The summed E-state index contributed by atoms with van der Waals surface area (Å²) in [4.78, 5) is 40.1. The van der Waals surface area contributed by atoms with Gasteiger partial charge in [-0.15, -0.1) is 0 Å². The summed E-state index contributed by atoms with van der Waals surface area (Å²) in [5.41, 5.74) is 4.21. The highest BCUT2D eigenvalue weighted by Crippen LogP contribution is 2.34. The molecule has 6 nitrogen and oxygen atoms in total. The van der Waals surface area contributed by atoms with Crippen LogP contribution in [0.25, 0.3) is 0 Å². The van der Waals surface area contributed by atoms with Crippen molar-refractivity contribution in [3.63, 3.8) is 0 Å². The Kier molecular flexibility index (Phi) is 5.80. The number of fused-ring (bicyclic) bond motifs is 1. The van der Waals surface area contributed by atoms with Crippen LogP contribution in [0.15, 0.2) is 42.5 Å². The molecule has 1 aliphatic carbocycles. The van der Waals surface area contributed by atoms with Gasteiger partial charge in [-0.2, -0.15) is 0 Å². The highest BCUT2D eigenvalue weighted by Gasteiger charge is 2.52. The third-order valence-electron chi connectivity index (χ3n) is 6.62. The molecule has 1 saturated heterocycles. The molecule has 0 saturated carbocycles. The lowest BCUT2D eigenvalue weighted by Gasteiger charge is -2.32. The van der Waals surface area contributed by atoms with Crippen molar-refractivity contribution in [2.24, 2.45) is 0 Å². The van der Waals surface area contributed by atoms with Crippen LogP contribution >= 0.6 is 0 Å². The first kappa shape index (κ1) is 22.1. The average Bonchev–Trinajstić information content (AvgIpc) is 2.97. The quantitative estimate of drug-likeness (QED) is 0.688. The van der Waals surface area contributed by atoms with E-state index in [0.717, 1.165) is 33.7 Å². The van der Waals surface area contributed by atoms with Gasteiger partial charge in [-0.05, 0) is 46.9 Å². The van der Waals surface area contributed by atoms with Crippen LogP contribution < -0.4 is 10.6 Å². The van der Waals surface area contributed by atoms with E-state index in [2.05, 4.69) is 44.4 Å². The van der Waals surface area contributed by atoms with Crippen molar-refractivity contribution >= 4 is 23.5 Å². The minimum absolute atomic E-state index is 0.228. The van der Waals surface area contributed by atoms with Gasteiger partial charge in [0.2, 0.25) is 5.91 Å². The minimum Gasteiger partial charge on any atom is -0.324 e. The summed E-state index contributed by atoms with van der Waals surface area (Å²) in [6.07, 6.45) is 1.72. The summed E-state index contributed by atoms with van der Waals surface area (Å²) in [6.45, 7) is 8.03. The SMILES string of the molecule is CC(C)c1cccc(C(C)C)c1NC(=O)CN1C(=O)NC2(CCc3ccccc3C2)C1=O. The summed E-state index contributed by atoms with van der Waals surface area (Å²) in [6, 6.07) is 13.5. The predicted molar refractivity (Wildman–Crippen MR) is 125 cm³/mol. The van der Waals surface area contributed by atoms with E-state index in [0.29, 0.717) is 12.8 Å². The van der Waals surface area contributed by atoms with Crippen LogP contribution in [0.3, 0.4) is 0 Å². The normalized spacial score (nSPS) is 20.1. The maximum absolute atomic E-state index is 13.3. The van der Waals surface area contributed by atoms with E-state index in [4.69, 9.17) is 0 Å². The molecule has 1 unspecified atom stereocenters. The molecule has 0 aromatic heterocycles. The van der Waals surface area contributed by atoms with E-state index in [1.54, 1.807) is 0 Å². The molecular formula is C26H31N3O3. The molecule has 2 aliphatic rings. The van der Waals surface area contributed by atoms with Crippen molar-refractivity contribution in [3.8, 4) is 0 Å². The van der Waals surface area contributed by atoms with Crippen molar-refractivity contribution < 1.29 is 14.4 Å². The highest BCUT2D eigenvalue weighted by atomic mass is 16.2. The predicted octanol–water partition coefficient (Wildman–Crippen LogP) is 4.35. The third-order valence-corrected chi connectivity index (χ3v) is 6.62. The number of imide groups is 1. The Morgan fingerprint density at radius 1 is 1.00 bits per heavy atom. The molecule has 32 heavy (non-hydrogen) atoms. The molecule has 0 bridgehead atoms. The van der Waals surface area contributed by atoms with Gasteiger partial charge in [0.1, 0.15) is 12.1 Å². The zero-order valence-corrected chi connectivity index (χ0v) is 19.2. The standard InChI is InChI=1S/C26H31N3O3/c1-16(2)20-10-7-11-21(17(3)4)23(20)27-22(30)15-29-24(31)26(28-25(29)32)13-12-18-8-5-6-9-19(18)14-26/h5-11,16-17H,12-15H2,1-4H3,(H,27,30)(H,28,32). The summed E-state index contributed by atoms with van der Waals surface area (Å²) in [5, 5.41) is 5.90. The first-order chi connectivity index (χ1) is 15.2. The molecule has 4 rings (SSSR count). The maximum atomic E-state index is 13.3. The number of para-hydroxylation sites is 1. The van der Waals surface area contributed by atoms with Crippen molar-refractivity contribution in [2.75, 3.05) is 11.9 Å². The number of aryl methyl sites for hydroxylation is 1. The lowest BCUT2D eigenvalue weighted by molar-refractivity contribution is -0.134. The molecule has 4 amide bonds. The smallest absolute Gasteiger partial charge is 0.324 e. The van der Waals surface area contributed by atoms with Crippen molar-refractivity contribution in [3.05, 3.63) is 64.7 Å². The average molecular weight is 434 g/mol. The van der Waals surface area contributed by atoms with Crippen LogP contribution in [0.4, 0.5) is 10.5 Å². The fourth-order valence-electron chi connectivity index (χ4n) is 4.86. The molecule has 1 spiro atoms. The number of hydrogen-bond acceptors (Lipinski definition) is 3. The Morgan fingerprint density at radius 3 is 2.25 bits per heavy atom. The van der Waals surface area contributed by atoms with Crippen LogP contribution in [0, 0.1) is 0 Å². The second-order valence-corrected chi connectivity index (χ2v) is 9.52. The lowest BCUT2D eigenvalue weighted by atomic mass is 9.78. The Bertz CT molecular complexity index is 1050. The number of carbonyl (C=O) groups is 3. The van der Waals surface area contributed by atoms with Gasteiger partial charge in [-0.1, -0.05) is 70.2 Å². The number of hydrogen-bond donors (Lipinski definition) is 2. The van der Waals surface area contributed by atoms with Gasteiger partial charge in [0.25, 0.3) is 5.91 Å². The van der Waals surface area contributed by atoms with Crippen LogP contribution in [-0.2, 0) is 22.4 Å². The molecule has 1 atom stereocenters. The van der Waals surface area contributed by atoms with E-state index in [-0.39, 0.29) is 30.2 Å². The number of benzene rings is 2. The number of nitrogens with one attached hydrogen (secondary N) is 2. The topological polar surface area (TPSA) is 78.5 Å². The summed E-state index contributed by atoms with van der Waals surface area (Å²) in [7, 11) is 0. The number of anilines is 1. The molecule has 6 heteroatoms. The van der Waals surface area contributed by atoms with Crippen molar-refractivity contribution in [1.82, 2.24) is 10.2 Å². The van der Waals surface area contributed by atoms with Crippen molar-refractivity contribution in [1.29, 1.82) is 0 Å². The van der Waals surface area contributed by atoms with E-state index in [9.17, 15) is 14.4 Å².